The van der Waals surface area contributed by atoms with Gasteiger partial charge >= 0.3 is 6.09 Å². The molecular formula is C15H24N2O3. The Balaban J connectivity index is 2.43. The number of hydrogen-bond donors (Lipinski definition) is 3. The molecule has 0 aliphatic rings. The van der Waals surface area contributed by atoms with E-state index in [9.17, 15) is 9.90 Å². The minimum absolute atomic E-state index is 0.132. The molecule has 0 saturated heterocycles. The van der Waals surface area contributed by atoms with E-state index in [1.165, 1.54) is 0 Å². The molecule has 0 aliphatic heterocycles. The van der Waals surface area contributed by atoms with Gasteiger partial charge in [0.15, 0.2) is 0 Å². The third-order valence-corrected chi connectivity index (χ3v) is 2.73. The molecule has 1 atom stereocenters. The van der Waals surface area contributed by atoms with Gasteiger partial charge in [-0.25, -0.2) is 4.79 Å². The molecule has 20 heavy (non-hydrogen) atoms. The molecule has 0 fully saturated rings. The summed E-state index contributed by atoms with van der Waals surface area (Å²) in [6.07, 6.45) is 0.314. The fourth-order valence-corrected chi connectivity index (χ4v) is 1.75. The van der Waals surface area contributed by atoms with Gasteiger partial charge < -0.3 is 20.9 Å². The molecule has 4 N–H and O–H groups in total. The Bertz CT molecular complexity index is 424. The van der Waals surface area contributed by atoms with E-state index in [1.54, 1.807) is 12.1 Å². The number of aromatic hydroxyl groups is 1. The molecule has 1 rings (SSSR count). The van der Waals surface area contributed by atoms with Crippen molar-refractivity contribution in [3.63, 3.8) is 0 Å². The standard InChI is InChI=1S/C15H24N2O3/c1-15(2,3)20-14(19)17-10-12(9-16)8-11-4-6-13(18)7-5-11/h4-7,12,18H,8-10,16H2,1-3H3,(H,17,19). The number of carbonyl (C=O) groups is 1. The van der Waals surface area contributed by atoms with Gasteiger partial charge in [-0.15, -0.1) is 0 Å². The van der Waals surface area contributed by atoms with Crippen molar-refractivity contribution in [2.24, 2.45) is 11.7 Å². The molecule has 0 spiro atoms. The van der Waals surface area contributed by atoms with Gasteiger partial charge in [-0.2, -0.15) is 0 Å². The van der Waals surface area contributed by atoms with Crippen molar-refractivity contribution in [1.82, 2.24) is 5.32 Å². The van der Waals surface area contributed by atoms with Crippen LogP contribution in [0.2, 0.25) is 0 Å². The third-order valence-electron chi connectivity index (χ3n) is 2.73. The van der Waals surface area contributed by atoms with Gasteiger partial charge in [0.1, 0.15) is 11.4 Å². The topological polar surface area (TPSA) is 84.6 Å². The van der Waals surface area contributed by atoms with Crippen LogP contribution in [-0.4, -0.2) is 29.9 Å². The maximum Gasteiger partial charge on any atom is 0.407 e. The zero-order chi connectivity index (χ0) is 15.2. The first-order chi connectivity index (χ1) is 9.30. The molecular weight excluding hydrogens is 256 g/mol. The van der Waals surface area contributed by atoms with Gasteiger partial charge in [0.25, 0.3) is 0 Å². The van der Waals surface area contributed by atoms with Crippen molar-refractivity contribution in [3.05, 3.63) is 29.8 Å². The highest BCUT2D eigenvalue weighted by atomic mass is 16.6. The molecule has 0 saturated carbocycles. The quantitative estimate of drug-likeness (QED) is 0.770. The van der Waals surface area contributed by atoms with Crippen LogP contribution in [0.5, 0.6) is 5.75 Å². The lowest BCUT2D eigenvalue weighted by Crippen LogP contribution is -2.37. The Morgan fingerprint density at radius 1 is 1.35 bits per heavy atom. The SMILES string of the molecule is CC(C)(C)OC(=O)NCC(CN)Cc1ccc(O)cc1. The monoisotopic (exact) mass is 280 g/mol. The van der Waals surface area contributed by atoms with E-state index in [0.717, 1.165) is 12.0 Å². The molecule has 1 aromatic carbocycles. The van der Waals surface area contributed by atoms with E-state index in [2.05, 4.69) is 5.32 Å². The number of phenolic OH excluding ortho intramolecular Hbond substituents is 1. The normalized spacial score (nSPS) is 12.8. The van der Waals surface area contributed by atoms with Gasteiger partial charge in [-0.1, -0.05) is 12.1 Å². The summed E-state index contributed by atoms with van der Waals surface area (Å²) in [5.74, 6) is 0.372. The predicted octanol–water partition coefficient (Wildman–Crippen LogP) is 2.03. The minimum Gasteiger partial charge on any atom is -0.508 e. The predicted molar refractivity (Wildman–Crippen MR) is 78.6 cm³/mol. The number of alkyl carbamates (subject to hydrolysis) is 1. The Kier molecular flexibility index (Phi) is 5.82. The number of carbonyl (C=O) groups excluding carboxylic acids is 1. The fourth-order valence-electron chi connectivity index (χ4n) is 1.75. The van der Waals surface area contributed by atoms with Crippen LogP contribution in [0.25, 0.3) is 0 Å². The number of phenols is 1. The number of hydrogen-bond acceptors (Lipinski definition) is 4. The van der Waals surface area contributed by atoms with Gasteiger partial charge in [-0.05, 0) is 57.4 Å². The van der Waals surface area contributed by atoms with Crippen LogP contribution in [0, 0.1) is 5.92 Å². The van der Waals surface area contributed by atoms with Gasteiger partial charge in [0.2, 0.25) is 0 Å². The summed E-state index contributed by atoms with van der Waals surface area (Å²) in [6, 6.07) is 6.99. The number of nitrogens with one attached hydrogen (secondary N) is 1. The summed E-state index contributed by atoms with van der Waals surface area (Å²) >= 11 is 0. The molecule has 1 aromatic rings. The molecule has 0 heterocycles. The highest BCUT2D eigenvalue weighted by Crippen LogP contribution is 2.13. The molecule has 0 aromatic heterocycles. The van der Waals surface area contributed by atoms with E-state index in [0.29, 0.717) is 13.1 Å². The number of amides is 1. The number of nitrogens with two attached hydrogens (primary N) is 1. The average molecular weight is 280 g/mol. The van der Waals surface area contributed by atoms with Crippen molar-refractivity contribution in [1.29, 1.82) is 0 Å². The number of benzene rings is 1. The second-order valence-electron chi connectivity index (χ2n) is 5.86. The van der Waals surface area contributed by atoms with E-state index in [4.69, 9.17) is 10.5 Å². The average Bonchev–Trinajstić information content (AvgIpc) is 2.34. The lowest BCUT2D eigenvalue weighted by atomic mass is 9.99. The van der Waals surface area contributed by atoms with E-state index in [1.807, 2.05) is 32.9 Å². The summed E-state index contributed by atoms with van der Waals surface area (Å²) in [4.78, 5) is 11.6. The Labute approximate surface area is 120 Å². The third kappa shape index (κ3) is 6.43. The Hall–Kier alpha value is -1.75. The summed E-state index contributed by atoms with van der Waals surface area (Å²) in [5.41, 5.74) is 6.30. The highest BCUT2D eigenvalue weighted by molar-refractivity contribution is 5.67. The molecule has 0 aliphatic carbocycles. The first-order valence-electron chi connectivity index (χ1n) is 6.75. The van der Waals surface area contributed by atoms with E-state index < -0.39 is 11.7 Å². The first-order valence-corrected chi connectivity index (χ1v) is 6.75. The van der Waals surface area contributed by atoms with E-state index in [-0.39, 0.29) is 11.7 Å². The van der Waals surface area contributed by atoms with Gasteiger partial charge in [-0.3, -0.25) is 0 Å². The fraction of sp³-hybridized carbons (Fsp3) is 0.533. The maximum absolute atomic E-state index is 11.6. The summed E-state index contributed by atoms with van der Waals surface area (Å²) in [6.45, 7) is 6.40. The van der Waals surface area contributed by atoms with Crippen LogP contribution in [-0.2, 0) is 11.2 Å². The van der Waals surface area contributed by atoms with Crippen molar-refractivity contribution < 1.29 is 14.6 Å². The zero-order valence-corrected chi connectivity index (χ0v) is 12.3. The largest absolute Gasteiger partial charge is 0.508 e. The van der Waals surface area contributed by atoms with Gasteiger partial charge in [0.05, 0.1) is 0 Å². The molecule has 0 radical (unpaired) electrons. The van der Waals surface area contributed by atoms with Crippen LogP contribution in [0.1, 0.15) is 26.3 Å². The second kappa shape index (κ2) is 7.14. The molecule has 0 bridgehead atoms. The van der Waals surface area contributed by atoms with E-state index >= 15 is 0 Å². The summed E-state index contributed by atoms with van der Waals surface area (Å²) in [7, 11) is 0. The Morgan fingerprint density at radius 2 is 1.95 bits per heavy atom. The van der Waals surface area contributed by atoms with Crippen LogP contribution >= 0.6 is 0 Å². The lowest BCUT2D eigenvalue weighted by molar-refractivity contribution is 0.0520. The molecule has 1 amide bonds. The van der Waals surface area contributed by atoms with Crippen LogP contribution in [0.3, 0.4) is 0 Å². The maximum atomic E-state index is 11.6. The molecule has 112 valence electrons. The zero-order valence-electron chi connectivity index (χ0n) is 12.3. The highest BCUT2D eigenvalue weighted by Gasteiger charge is 2.17. The molecule has 5 heteroatoms. The van der Waals surface area contributed by atoms with Crippen molar-refractivity contribution >= 4 is 6.09 Å². The van der Waals surface area contributed by atoms with Crippen LogP contribution in [0.4, 0.5) is 4.79 Å². The summed E-state index contributed by atoms with van der Waals surface area (Å²) in [5, 5.41) is 12.0. The first kappa shape index (κ1) is 16.3. The Morgan fingerprint density at radius 3 is 2.45 bits per heavy atom. The van der Waals surface area contributed by atoms with Crippen molar-refractivity contribution in [3.8, 4) is 5.75 Å². The summed E-state index contributed by atoms with van der Waals surface area (Å²) < 4.78 is 5.17. The minimum atomic E-state index is -0.501. The smallest absolute Gasteiger partial charge is 0.407 e. The number of ether oxygens (including phenoxy) is 1. The van der Waals surface area contributed by atoms with Gasteiger partial charge in [0, 0.05) is 6.54 Å². The van der Waals surface area contributed by atoms with Crippen molar-refractivity contribution in [2.45, 2.75) is 32.8 Å². The molecule has 1 unspecified atom stereocenters. The van der Waals surface area contributed by atoms with Crippen molar-refractivity contribution in [2.75, 3.05) is 13.1 Å². The number of rotatable bonds is 5. The second-order valence-corrected chi connectivity index (χ2v) is 5.86. The lowest BCUT2D eigenvalue weighted by Gasteiger charge is -2.21. The van der Waals surface area contributed by atoms with Crippen LogP contribution < -0.4 is 11.1 Å². The van der Waals surface area contributed by atoms with Crippen LogP contribution in [0.15, 0.2) is 24.3 Å². The molecule has 5 nitrogen and oxygen atoms in total.